The summed E-state index contributed by atoms with van der Waals surface area (Å²) in [6.45, 7) is 1.74. The molecule has 0 aromatic heterocycles. The molecule has 0 aliphatic rings. The minimum absolute atomic E-state index is 0.246. The zero-order valence-electron chi connectivity index (χ0n) is 11.4. The molecule has 0 radical (unpaired) electrons. The number of benzene rings is 2. The van der Waals surface area contributed by atoms with Crippen LogP contribution in [0.25, 0.3) is 16.7 Å². The highest BCUT2D eigenvalue weighted by molar-refractivity contribution is 5.90. The van der Waals surface area contributed by atoms with Crippen LogP contribution in [0.3, 0.4) is 0 Å². The molecular weight excluding hydrogens is 268 g/mol. The molecule has 2 N–H and O–H groups in total. The van der Waals surface area contributed by atoms with Crippen LogP contribution in [0.1, 0.15) is 22.8 Å². The molecule has 0 saturated carbocycles. The Balaban J connectivity index is 2.26. The Morgan fingerprint density at radius 3 is 1.62 bits per heavy atom. The highest BCUT2D eigenvalue weighted by atomic mass is 16.4. The highest BCUT2D eigenvalue weighted by Crippen LogP contribution is 2.22. The van der Waals surface area contributed by atoms with Crippen molar-refractivity contribution in [3.63, 3.8) is 0 Å². The summed E-state index contributed by atoms with van der Waals surface area (Å²) in [4.78, 5) is 21.4. The number of hydrogen-bond donors (Lipinski definition) is 2. The van der Waals surface area contributed by atoms with Gasteiger partial charge < -0.3 is 10.2 Å². The van der Waals surface area contributed by atoms with Crippen LogP contribution in [0.5, 0.6) is 0 Å². The fourth-order valence-electron chi connectivity index (χ4n) is 2.00. The molecule has 4 heteroatoms. The van der Waals surface area contributed by atoms with Crippen molar-refractivity contribution in [2.75, 3.05) is 0 Å². The van der Waals surface area contributed by atoms with Crippen molar-refractivity contribution >= 4 is 17.5 Å². The van der Waals surface area contributed by atoms with Crippen LogP contribution >= 0.6 is 0 Å². The molecule has 0 amide bonds. The third-order valence-corrected chi connectivity index (χ3v) is 3.15. The van der Waals surface area contributed by atoms with Crippen LogP contribution < -0.4 is 0 Å². The van der Waals surface area contributed by atoms with E-state index >= 15 is 0 Å². The first-order valence-electron chi connectivity index (χ1n) is 6.33. The number of aromatic carboxylic acids is 1. The van der Waals surface area contributed by atoms with Crippen molar-refractivity contribution in [3.05, 3.63) is 65.7 Å². The zero-order valence-corrected chi connectivity index (χ0v) is 11.4. The molecule has 0 aliphatic heterocycles. The molecule has 0 saturated heterocycles. The lowest BCUT2D eigenvalue weighted by molar-refractivity contribution is -0.131. The van der Waals surface area contributed by atoms with Crippen molar-refractivity contribution in [3.8, 4) is 11.1 Å². The maximum atomic E-state index is 10.8. The van der Waals surface area contributed by atoms with E-state index in [1.807, 2.05) is 24.3 Å². The van der Waals surface area contributed by atoms with Gasteiger partial charge in [-0.2, -0.15) is 0 Å². The lowest BCUT2D eigenvalue weighted by Crippen LogP contribution is -1.95. The molecule has 2 rings (SSSR count). The molecule has 0 aliphatic carbocycles. The van der Waals surface area contributed by atoms with Crippen LogP contribution in [-0.4, -0.2) is 22.2 Å². The SMILES string of the molecule is C/C(=C\C(=O)O)c1ccc(-c2ccc(C(=O)O)cc2)cc1. The zero-order chi connectivity index (χ0) is 15.4. The third kappa shape index (κ3) is 3.57. The van der Waals surface area contributed by atoms with Gasteiger partial charge >= 0.3 is 11.9 Å². The van der Waals surface area contributed by atoms with Crippen LogP contribution in [0, 0.1) is 0 Å². The van der Waals surface area contributed by atoms with Gasteiger partial charge in [-0.15, -0.1) is 0 Å². The van der Waals surface area contributed by atoms with Crippen molar-refractivity contribution in [2.45, 2.75) is 6.92 Å². The van der Waals surface area contributed by atoms with Gasteiger partial charge in [-0.05, 0) is 41.3 Å². The molecule has 0 fully saturated rings. The minimum Gasteiger partial charge on any atom is -0.478 e. The van der Waals surface area contributed by atoms with E-state index in [0.29, 0.717) is 5.57 Å². The Morgan fingerprint density at radius 1 is 0.810 bits per heavy atom. The first-order chi connectivity index (χ1) is 9.97. The summed E-state index contributed by atoms with van der Waals surface area (Å²) in [6, 6.07) is 14.1. The fraction of sp³-hybridized carbons (Fsp3) is 0.0588. The van der Waals surface area contributed by atoms with Crippen molar-refractivity contribution in [2.24, 2.45) is 0 Å². The minimum atomic E-state index is -0.971. The van der Waals surface area contributed by atoms with E-state index in [0.717, 1.165) is 22.8 Å². The molecule has 106 valence electrons. The number of carboxylic acids is 2. The van der Waals surface area contributed by atoms with Gasteiger partial charge in [0.1, 0.15) is 0 Å². The second kappa shape index (κ2) is 6.05. The molecule has 0 unspecified atom stereocenters. The maximum Gasteiger partial charge on any atom is 0.335 e. The monoisotopic (exact) mass is 282 g/mol. The number of allylic oxidation sites excluding steroid dienone is 1. The summed E-state index contributed by atoms with van der Waals surface area (Å²) >= 11 is 0. The molecule has 21 heavy (non-hydrogen) atoms. The smallest absolute Gasteiger partial charge is 0.335 e. The number of rotatable bonds is 4. The number of carboxylic acid groups (broad SMARTS) is 2. The topological polar surface area (TPSA) is 74.6 Å². The molecular formula is C17H14O4. The predicted octanol–water partition coefficient (Wildman–Crippen LogP) is 3.54. The van der Waals surface area contributed by atoms with Gasteiger partial charge in [0, 0.05) is 6.08 Å². The Hall–Kier alpha value is -2.88. The van der Waals surface area contributed by atoms with Gasteiger partial charge in [0.05, 0.1) is 5.56 Å². The van der Waals surface area contributed by atoms with E-state index in [1.54, 1.807) is 31.2 Å². The van der Waals surface area contributed by atoms with E-state index in [2.05, 4.69) is 0 Å². The normalized spacial score (nSPS) is 11.2. The van der Waals surface area contributed by atoms with E-state index in [1.165, 1.54) is 0 Å². The van der Waals surface area contributed by atoms with Crippen LogP contribution in [0.2, 0.25) is 0 Å². The van der Waals surface area contributed by atoms with E-state index in [-0.39, 0.29) is 5.56 Å². The molecule has 2 aromatic rings. The lowest BCUT2D eigenvalue weighted by atomic mass is 10.00. The number of aliphatic carboxylic acids is 1. The Bertz CT molecular complexity index is 695. The molecule has 0 atom stereocenters. The average molecular weight is 282 g/mol. The molecule has 4 nitrogen and oxygen atoms in total. The van der Waals surface area contributed by atoms with Gasteiger partial charge in [0.15, 0.2) is 0 Å². The second-order valence-electron chi connectivity index (χ2n) is 4.63. The van der Waals surface area contributed by atoms with E-state index < -0.39 is 11.9 Å². The quantitative estimate of drug-likeness (QED) is 0.841. The maximum absolute atomic E-state index is 10.8. The molecule has 0 bridgehead atoms. The number of hydrogen-bond acceptors (Lipinski definition) is 2. The molecule has 0 heterocycles. The highest BCUT2D eigenvalue weighted by Gasteiger charge is 2.04. The summed E-state index contributed by atoms with van der Waals surface area (Å²) in [5, 5.41) is 17.6. The molecule has 0 spiro atoms. The Morgan fingerprint density at radius 2 is 1.24 bits per heavy atom. The lowest BCUT2D eigenvalue weighted by Gasteiger charge is -2.05. The summed E-state index contributed by atoms with van der Waals surface area (Å²) in [5.74, 6) is -1.92. The Labute approximate surface area is 122 Å². The van der Waals surface area contributed by atoms with Crippen LogP contribution in [0.15, 0.2) is 54.6 Å². The fourth-order valence-corrected chi connectivity index (χ4v) is 2.00. The van der Waals surface area contributed by atoms with Crippen LogP contribution in [0.4, 0.5) is 0 Å². The predicted molar refractivity (Wildman–Crippen MR) is 80.1 cm³/mol. The van der Waals surface area contributed by atoms with Gasteiger partial charge in [-0.25, -0.2) is 9.59 Å². The van der Waals surface area contributed by atoms with Crippen molar-refractivity contribution < 1.29 is 19.8 Å². The average Bonchev–Trinajstić information content (AvgIpc) is 2.47. The summed E-state index contributed by atoms with van der Waals surface area (Å²) in [5.41, 5.74) is 3.61. The summed E-state index contributed by atoms with van der Waals surface area (Å²) in [6.07, 6.45) is 1.16. The van der Waals surface area contributed by atoms with Gasteiger partial charge in [-0.3, -0.25) is 0 Å². The van der Waals surface area contributed by atoms with Gasteiger partial charge in [0.25, 0.3) is 0 Å². The summed E-state index contributed by atoms with van der Waals surface area (Å²) in [7, 11) is 0. The van der Waals surface area contributed by atoms with E-state index in [9.17, 15) is 9.59 Å². The molecule has 2 aromatic carbocycles. The number of carbonyl (C=O) groups is 2. The van der Waals surface area contributed by atoms with Crippen LogP contribution in [-0.2, 0) is 4.79 Å². The second-order valence-corrected chi connectivity index (χ2v) is 4.63. The van der Waals surface area contributed by atoms with Gasteiger partial charge in [0.2, 0.25) is 0 Å². The largest absolute Gasteiger partial charge is 0.478 e. The first-order valence-corrected chi connectivity index (χ1v) is 6.33. The Kier molecular flexibility index (Phi) is 4.18. The van der Waals surface area contributed by atoms with Gasteiger partial charge in [-0.1, -0.05) is 36.4 Å². The third-order valence-electron chi connectivity index (χ3n) is 3.15. The first kappa shape index (κ1) is 14.5. The van der Waals surface area contributed by atoms with Crippen molar-refractivity contribution in [1.29, 1.82) is 0 Å². The summed E-state index contributed by atoms with van der Waals surface area (Å²) < 4.78 is 0. The van der Waals surface area contributed by atoms with Crippen molar-refractivity contribution in [1.82, 2.24) is 0 Å². The van der Waals surface area contributed by atoms with E-state index in [4.69, 9.17) is 10.2 Å². The standard InChI is InChI=1S/C17H14O4/c1-11(10-16(18)19)12-2-4-13(5-3-12)14-6-8-15(9-7-14)17(20)21/h2-10H,1H3,(H,18,19)(H,20,21)/b11-10+.